The Hall–Kier alpha value is -1.98. The molecule has 0 bridgehead atoms. The molecule has 1 aliphatic rings. The van der Waals surface area contributed by atoms with Gasteiger partial charge in [0.2, 0.25) is 5.91 Å². The molecule has 0 spiro atoms. The van der Waals surface area contributed by atoms with Crippen molar-refractivity contribution < 1.29 is 18.7 Å². The molecule has 0 aromatic carbocycles. The van der Waals surface area contributed by atoms with E-state index < -0.39 is 0 Å². The number of carbonyl (C=O) groups is 2. The number of rotatable bonds is 7. The third kappa shape index (κ3) is 10.7. The molecular formula is C21H36IN5O4. The van der Waals surface area contributed by atoms with Gasteiger partial charge in [0, 0.05) is 37.6 Å². The lowest BCUT2D eigenvalue weighted by Crippen LogP contribution is -2.50. The highest BCUT2D eigenvalue weighted by molar-refractivity contribution is 14.0. The van der Waals surface area contributed by atoms with E-state index in [1.807, 2.05) is 32.9 Å². The van der Waals surface area contributed by atoms with Gasteiger partial charge in [-0.25, -0.2) is 9.79 Å². The Morgan fingerprint density at radius 3 is 2.58 bits per heavy atom. The second kappa shape index (κ2) is 13.4. The van der Waals surface area contributed by atoms with Crippen LogP contribution in [-0.2, 0) is 16.0 Å². The van der Waals surface area contributed by atoms with E-state index in [1.54, 1.807) is 18.1 Å². The summed E-state index contributed by atoms with van der Waals surface area (Å²) in [6.45, 7) is 9.91. The quantitative estimate of drug-likeness (QED) is 0.274. The first kappa shape index (κ1) is 27.1. The van der Waals surface area contributed by atoms with Crippen molar-refractivity contribution >= 4 is 41.9 Å². The molecule has 1 aliphatic heterocycles. The molecule has 0 radical (unpaired) electrons. The molecule has 2 rings (SSSR count). The molecule has 1 aromatic heterocycles. The minimum Gasteiger partial charge on any atom is -0.469 e. The molecule has 2 heterocycles. The molecule has 176 valence electrons. The van der Waals surface area contributed by atoms with Crippen LogP contribution in [0.5, 0.6) is 0 Å². The van der Waals surface area contributed by atoms with Crippen molar-refractivity contribution in [2.24, 2.45) is 4.99 Å². The maximum absolute atomic E-state index is 12.1. The van der Waals surface area contributed by atoms with Crippen molar-refractivity contribution in [2.75, 3.05) is 32.8 Å². The van der Waals surface area contributed by atoms with Crippen molar-refractivity contribution in [3.63, 3.8) is 0 Å². The number of hydrogen-bond donors (Lipinski definition) is 3. The van der Waals surface area contributed by atoms with Gasteiger partial charge in [-0.15, -0.1) is 24.0 Å². The van der Waals surface area contributed by atoms with Crippen LogP contribution in [0.1, 0.15) is 46.3 Å². The first-order chi connectivity index (χ1) is 14.3. The molecule has 1 saturated heterocycles. The SMILES string of the molecule is CCOC(=O)N1CCC(NC(=NCC(=O)NC(C)(C)C)NCCc2ccco2)CC1.I. The average molecular weight is 549 g/mol. The number of hydrogen-bond acceptors (Lipinski definition) is 5. The van der Waals surface area contributed by atoms with Crippen LogP contribution >= 0.6 is 24.0 Å². The largest absolute Gasteiger partial charge is 0.469 e. The summed E-state index contributed by atoms with van der Waals surface area (Å²) >= 11 is 0. The summed E-state index contributed by atoms with van der Waals surface area (Å²) in [4.78, 5) is 30.2. The number of halogens is 1. The first-order valence-corrected chi connectivity index (χ1v) is 10.6. The van der Waals surface area contributed by atoms with E-state index in [0.29, 0.717) is 38.6 Å². The predicted octanol–water partition coefficient (Wildman–Crippen LogP) is 2.51. The standard InChI is InChI=1S/C21H35N5O4.HI/c1-5-29-20(28)26-12-9-16(10-13-26)24-19(22-11-8-17-7-6-14-30-17)23-15-18(27)25-21(2,3)4;/h6-7,14,16H,5,8-13,15H2,1-4H3,(H,25,27)(H2,22,23,24);1H. The Morgan fingerprint density at radius 2 is 2.00 bits per heavy atom. The van der Waals surface area contributed by atoms with E-state index in [9.17, 15) is 9.59 Å². The Labute approximate surface area is 201 Å². The van der Waals surface area contributed by atoms with Gasteiger partial charge in [-0.05, 0) is 52.7 Å². The summed E-state index contributed by atoms with van der Waals surface area (Å²) in [6.07, 6.45) is 3.66. The number of nitrogens with one attached hydrogen (secondary N) is 3. The summed E-state index contributed by atoms with van der Waals surface area (Å²) in [5, 5.41) is 9.58. The number of furan rings is 1. The molecule has 3 N–H and O–H groups in total. The van der Waals surface area contributed by atoms with Crippen LogP contribution in [0.2, 0.25) is 0 Å². The van der Waals surface area contributed by atoms with Crippen molar-refractivity contribution in [1.29, 1.82) is 0 Å². The maximum Gasteiger partial charge on any atom is 0.409 e. The van der Waals surface area contributed by atoms with Gasteiger partial charge < -0.3 is 30.0 Å². The fourth-order valence-corrected chi connectivity index (χ4v) is 3.13. The fraction of sp³-hybridized carbons (Fsp3) is 0.667. The Morgan fingerprint density at radius 1 is 1.29 bits per heavy atom. The Kier molecular flexibility index (Phi) is 11.7. The smallest absolute Gasteiger partial charge is 0.409 e. The zero-order chi connectivity index (χ0) is 22.0. The minimum absolute atomic E-state index is 0. The van der Waals surface area contributed by atoms with Crippen LogP contribution in [0.3, 0.4) is 0 Å². The van der Waals surface area contributed by atoms with Gasteiger partial charge in [-0.2, -0.15) is 0 Å². The molecule has 0 saturated carbocycles. The van der Waals surface area contributed by atoms with Gasteiger partial charge in [-0.1, -0.05) is 0 Å². The topological polar surface area (TPSA) is 108 Å². The lowest BCUT2D eigenvalue weighted by Gasteiger charge is -2.32. The van der Waals surface area contributed by atoms with E-state index in [-0.39, 0.29) is 54.1 Å². The number of carbonyl (C=O) groups excluding carboxylic acids is 2. The molecule has 10 heteroatoms. The molecule has 0 atom stereocenters. The van der Waals surface area contributed by atoms with E-state index in [0.717, 1.165) is 18.6 Å². The molecule has 0 aliphatic carbocycles. The third-order valence-corrected chi connectivity index (χ3v) is 4.50. The molecule has 1 aromatic rings. The lowest BCUT2D eigenvalue weighted by molar-refractivity contribution is -0.121. The summed E-state index contributed by atoms with van der Waals surface area (Å²) in [7, 11) is 0. The molecule has 31 heavy (non-hydrogen) atoms. The highest BCUT2D eigenvalue weighted by Crippen LogP contribution is 2.11. The van der Waals surface area contributed by atoms with Crippen molar-refractivity contribution in [1.82, 2.24) is 20.9 Å². The number of aliphatic imine (C=N–C) groups is 1. The predicted molar refractivity (Wildman–Crippen MR) is 131 cm³/mol. The molecule has 2 amide bonds. The Balaban J connectivity index is 0.00000480. The summed E-state index contributed by atoms with van der Waals surface area (Å²) < 4.78 is 10.4. The van der Waals surface area contributed by atoms with Crippen LogP contribution in [0.25, 0.3) is 0 Å². The number of nitrogens with zero attached hydrogens (tertiary/aromatic N) is 2. The van der Waals surface area contributed by atoms with Crippen LogP contribution in [0, 0.1) is 0 Å². The fourth-order valence-electron chi connectivity index (χ4n) is 3.13. The second-order valence-electron chi connectivity index (χ2n) is 8.32. The van der Waals surface area contributed by atoms with Crippen LogP contribution in [0.15, 0.2) is 27.8 Å². The molecule has 1 fully saturated rings. The number of amides is 2. The number of guanidine groups is 1. The van der Waals surface area contributed by atoms with E-state index in [2.05, 4.69) is 20.9 Å². The third-order valence-electron chi connectivity index (χ3n) is 4.50. The maximum atomic E-state index is 12.1. The van der Waals surface area contributed by atoms with Crippen molar-refractivity contribution in [3.05, 3.63) is 24.2 Å². The number of likely N-dealkylation sites (tertiary alicyclic amines) is 1. The van der Waals surface area contributed by atoms with Crippen molar-refractivity contribution in [3.8, 4) is 0 Å². The molecular weight excluding hydrogens is 513 g/mol. The highest BCUT2D eigenvalue weighted by Gasteiger charge is 2.24. The van der Waals surface area contributed by atoms with E-state index in [4.69, 9.17) is 9.15 Å². The highest BCUT2D eigenvalue weighted by atomic mass is 127. The van der Waals surface area contributed by atoms with Gasteiger partial charge >= 0.3 is 6.09 Å². The second-order valence-corrected chi connectivity index (χ2v) is 8.32. The zero-order valence-corrected chi connectivity index (χ0v) is 21.2. The first-order valence-electron chi connectivity index (χ1n) is 10.6. The summed E-state index contributed by atoms with van der Waals surface area (Å²) in [6, 6.07) is 3.95. The van der Waals surface area contributed by atoms with Crippen LogP contribution < -0.4 is 16.0 Å². The minimum atomic E-state index is -0.299. The monoisotopic (exact) mass is 549 g/mol. The van der Waals surface area contributed by atoms with E-state index >= 15 is 0 Å². The summed E-state index contributed by atoms with van der Waals surface area (Å²) in [5.74, 6) is 1.34. The zero-order valence-electron chi connectivity index (χ0n) is 18.9. The van der Waals surface area contributed by atoms with Gasteiger partial charge in [0.05, 0.1) is 12.9 Å². The van der Waals surface area contributed by atoms with Crippen LogP contribution in [0.4, 0.5) is 4.79 Å². The van der Waals surface area contributed by atoms with Crippen LogP contribution in [-0.4, -0.2) is 67.2 Å². The lowest BCUT2D eigenvalue weighted by atomic mass is 10.1. The average Bonchev–Trinajstić information content (AvgIpc) is 3.19. The van der Waals surface area contributed by atoms with Gasteiger partial charge in [0.25, 0.3) is 0 Å². The van der Waals surface area contributed by atoms with Gasteiger partial charge in [0.15, 0.2) is 5.96 Å². The number of piperidine rings is 1. The molecule has 9 nitrogen and oxygen atoms in total. The number of ether oxygens (including phenoxy) is 1. The van der Waals surface area contributed by atoms with Crippen molar-refractivity contribution in [2.45, 2.75) is 58.5 Å². The van der Waals surface area contributed by atoms with Gasteiger partial charge in [-0.3, -0.25) is 4.79 Å². The normalized spacial score (nSPS) is 15.1. The van der Waals surface area contributed by atoms with Gasteiger partial charge in [0.1, 0.15) is 12.3 Å². The summed E-state index contributed by atoms with van der Waals surface area (Å²) in [5.41, 5.74) is -0.299. The molecule has 0 unspecified atom stereocenters. The van der Waals surface area contributed by atoms with E-state index in [1.165, 1.54) is 0 Å². The Bertz CT molecular complexity index is 695.